The zero-order valence-corrected chi connectivity index (χ0v) is 11.7. The third-order valence-corrected chi connectivity index (χ3v) is 3.28. The Bertz CT molecular complexity index is 431. The molecule has 0 amide bonds. The number of halogens is 1. The van der Waals surface area contributed by atoms with Crippen LogP contribution in [0.4, 0.5) is 0 Å². The molecule has 1 aromatic rings. The van der Waals surface area contributed by atoms with Gasteiger partial charge in [0.15, 0.2) is 5.96 Å². The van der Waals surface area contributed by atoms with Crippen molar-refractivity contribution in [3.8, 4) is 0 Å². The summed E-state index contributed by atoms with van der Waals surface area (Å²) >= 11 is 6.01. The summed E-state index contributed by atoms with van der Waals surface area (Å²) in [5.41, 5.74) is 1.31. The standard InChI is InChI=1S/C14H20ClN3/c1-3-16-14(17-4-2)18-13-9-12(13)10-6-5-7-11(15)8-10/h5-8,12-13H,3-4,9H2,1-2H3,(H2,16,17,18). The highest BCUT2D eigenvalue weighted by Crippen LogP contribution is 2.41. The van der Waals surface area contributed by atoms with Crippen molar-refractivity contribution in [3.63, 3.8) is 0 Å². The Morgan fingerprint density at radius 3 is 2.94 bits per heavy atom. The van der Waals surface area contributed by atoms with Gasteiger partial charge in [0, 0.05) is 30.1 Å². The molecule has 0 aromatic heterocycles. The van der Waals surface area contributed by atoms with Crippen LogP contribution in [0, 0.1) is 0 Å². The number of nitrogens with zero attached hydrogens (tertiary/aromatic N) is 1. The van der Waals surface area contributed by atoms with Gasteiger partial charge in [-0.25, -0.2) is 0 Å². The van der Waals surface area contributed by atoms with E-state index in [0.717, 1.165) is 30.5 Å². The second-order valence-electron chi connectivity index (χ2n) is 4.50. The summed E-state index contributed by atoms with van der Waals surface area (Å²) in [7, 11) is 0. The van der Waals surface area contributed by atoms with Crippen LogP contribution < -0.4 is 10.6 Å². The second kappa shape index (κ2) is 6.10. The van der Waals surface area contributed by atoms with Crippen LogP contribution in [0.25, 0.3) is 0 Å². The molecule has 0 heterocycles. The molecule has 2 N–H and O–H groups in total. The van der Waals surface area contributed by atoms with Crippen LogP contribution in [0.3, 0.4) is 0 Å². The molecular weight excluding hydrogens is 246 g/mol. The van der Waals surface area contributed by atoms with Crippen molar-refractivity contribution < 1.29 is 0 Å². The Labute approximate surface area is 114 Å². The molecule has 18 heavy (non-hydrogen) atoms. The van der Waals surface area contributed by atoms with Gasteiger partial charge in [0.25, 0.3) is 0 Å². The molecule has 4 heteroatoms. The Morgan fingerprint density at radius 2 is 2.28 bits per heavy atom. The SMILES string of the molecule is CCN=C(NCC)NC1CC1c1cccc(Cl)c1. The fraction of sp³-hybridized carbons (Fsp3) is 0.500. The average molecular weight is 266 g/mol. The topological polar surface area (TPSA) is 36.4 Å². The first kappa shape index (κ1) is 13.2. The van der Waals surface area contributed by atoms with Crippen molar-refractivity contribution in [3.05, 3.63) is 34.9 Å². The minimum atomic E-state index is 0.479. The van der Waals surface area contributed by atoms with E-state index in [9.17, 15) is 0 Å². The van der Waals surface area contributed by atoms with Gasteiger partial charge in [-0.3, -0.25) is 4.99 Å². The van der Waals surface area contributed by atoms with Gasteiger partial charge in [-0.15, -0.1) is 0 Å². The highest BCUT2D eigenvalue weighted by atomic mass is 35.5. The van der Waals surface area contributed by atoms with E-state index in [4.69, 9.17) is 11.6 Å². The number of hydrogen-bond donors (Lipinski definition) is 2. The fourth-order valence-corrected chi connectivity index (χ4v) is 2.31. The summed E-state index contributed by atoms with van der Waals surface area (Å²) in [6.45, 7) is 5.80. The Balaban J connectivity index is 1.93. The molecule has 2 rings (SSSR count). The van der Waals surface area contributed by atoms with Gasteiger partial charge in [-0.1, -0.05) is 23.7 Å². The van der Waals surface area contributed by atoms with E-state index >= 15 is 0 Å². The molecule has 0 spiro atoms. The molecule has 1 aliphatic carbocycles. The van der Waals surface area contributed by atoms with Crippen LogP contribution >= 0.6 is 11.6 Å². The first-order valence-electron chi connectivity index (χ1n) is 6.55. The lowest BCUT2D eigenvalue weighted by Crippen LogP contribution is -2.39. The zero-order valence-electron chi connectivity index (χ0n) is 10.9. The highest BCUT2D eigenvalue weighted by molar-refractivity contribution is 6.30. The molecule has 2 atom stereocenters. The molecule has 0 bridgehead atoms. The first-order chi connectivity index (χ1) is 8.74. The lowest BCUT2D eigenvalue weighted by Gasteiger charge is -2.10. The third-order valence-electron chi connectivity index (χ3n) is 3.05. The predicted molar refractivity (Wildman–Crippen MR) is 77.4 cm³/mol. The number of hydrogen-bond acceptors (Lipinski definition) is 1. The quantitative estimate of drug-likeness (QED) is 0.649. The van der Waals surface area contributed by atoms with Crippen LogP contribution in [0.2, 0.25) is 5.02 Å². The van der Waals surface area contributed by atoms with Crippen molar-refractivity contribution in [2.45, 2.75) is 32.2 Å². The van der Waals surface area contributed by atoms with E-state index in [0.29, 0.717) is 12.0 Å². The van der Waals surface area contributed by atoms with E-state index < -0.39 is 0 Å². The molecule has 0 aliphatic heterocycles. The van der Waals surface area contributed by atoms with Crippen molar-refractivity contribution >= 4 is 17.6 Å². The fourth-order valence-electron chi connectivity index (χ4n) is 2.11. The maximum Gasteiger partial charge on any atom is 0.191 e. The summed E-state index contributed by atoms with van der Waals surface area (Å²) in [6.07, 6.45) is 1.15. The van der Waals surface area contributed by atoms with Crippen LogP contribution in [-0.4, -0.2) is 25.1 Å². The lowest BCUT2D eigenvalue weighted by molar-refractivity contribution is 0.799. The summed E-state index contributed by atoms with van der Waals surface area (Å²) in [5.74, 6) is 1.47. The van der Waals surface area contributed by atoms with E-state index in [-0.39, 0.29) is 0 Å². The van der Waals surface area contributed by atoms with Crippen LogP contribution in [0.5, 0.6) is 0 Å². The predicted octanol–water partition coefficient (Wildman–Crippen LogP) is 2.77. The molecule has 3 nitrogen and oxygen atoms in total. The normalized spacial score (nSPS) is 22.7. The average Bonchev–Trinajstić information content (AvgIpc) is 3.09. The lowest BCUT2D eigenvalue weighted by atomic mass is 10.1. The zero-order chi connectivity index (χ0) is 13.0. The monoisotopic (exact) mass is 265 g/mol. The molecule has 0 saturated heterocycles. The van der Waals surface area contributed by atoms with Gasteiger partial charge in [-0.2, -0.15) is 0 Å². The number of aliphatic imine (C=N–C) groups is 1. The largest absolute Gasteiger partial charge is 0.357 e. The van der Waals surface area contributed by atoms with Gasteiger partial charge in [0.1, 0.15) is 0 Å². The smallest absolute Gasteiger partial charge is 0.191 e. The molecule has 1 fully saturated rings. The summed E-state index contributed by atoms with van der Waals surface area (Å²) < 4.78 is 0. The summed E-state index contributed by atoms with van der Waals surface area (Å²) in [5, 5.41) is 7.52. The van der Waals surface area contributed by atoms with Crippen LogP contribution in [0.1, 0.15) is 31.7 Å². The number of benzene rings is 1. The van der Waals surface area contributed by atoms with Crippen molar-refractivity contribution in [1.82, 2.24) is 10.6 Å². The number of guanidine groups is 1. The summed E-state index contributed by atoms with van der Waals surface area (Å²) in [6, 6.07) is 8.60. The van der Waals surface area contributed by atoms with E-state index in [1.807, 2.05) is 19.1 Å². The van der Waals surface area contributed by atoms with Crippen molar-refractivity contribution in [2.75, 3.05) is 13.1 Å². The minimum Gasteiger partial charge on any atom is -0.357 e. The number of nitrogens with one attached hydrogen (secondary N) is 2. The molecule has 1 aliphatic rings. The molecule has 2 unspecified atom stereocenters. The van der Waals surface area contributed by atoms with E-state index in [1.54, 1.807) is 0 Å². The third kappa shape index (κ3) is 3.39. The molecular formula is C14H20ClN3. The minimum absolute atomic E-state index is 0.479. The van der Waals surface area contributed by atoms with Crippen LogP contribution in [-0.2, 0) is 0 Å². The Morgan fingerprint density at radius 1 is 1.44 bits per heavy atom. The van der Waals surface area contributed by atoms with Gasteiger partial charge < -0.3 is 10.6 Å². The van der Waals surface area contributed by atoms with E-state index in [2.05, 4.69) is 34.7 Å². The summed E-state index contributed by atoms with van der Waals surface area (Å²) in [4.78, 5) is 4.41. The van der Waals surface area contributed by atoms with Gasteiger partial charge in [-0.05, 0) is 38.0 Å². The first-order valence-corrected chi connectivity index (χ1v) is 6.92. The Hall–Kier alpha value is -1.22. The Kier molecular flexibility index (Phi) is 4.48. The molecule has 1 aromatic carbocycles. The van der Waals surface area contributed by atoms with Gasteiger partial charge in [0.2, 0.25) is 0 Å². The van der Waals surface area contributed by atoms with E-state index in [1.165, 1.54) is 5.56 Å². The van der Waals surface area contributed by atoms with Crippen LogP contribution in [0.15, 0.2) is 29.3 Å². The second-order valence-corrected chi connectivity index (χ2v) is 4.94. The number of rotatable bonds is 4. The maximum absolute atomic E-state index is 6.01. The van der Waals surface area contributed by atoms with Crippen molar-refractivity contribution in [1.29, 1.82) is 0 Å². The van der Waals surface area contributed by atoms with Gasteiger partial charge >= 0.3 is 0 Å². The maximum atomic E-state index is 6.01. The molecule has 1 saturated carbocycles. The van der Waals surface area contributed by atoms with Crippen molar-refractivity contribution in [2.24, 2.45) is 4.99 Å². The highest BCUT2D eigenvalue weighted by Gasteiger charge is 2.39. The molecule has 98 valence electrons. The van der Waals surface area contributed by atoms with Gasteiger partial charge in [0.05, 0.1) is 0 Å². The molecule has 0 radical (unpaired) electrons.